The molecule has 0 spiro atoms. The SMILES string of the molecule is CC(=O)NC1CNc2c(C(=O)NCc3ccc4c(c3)OC(F)(F)O4)ncnc21. The number of fused-ring (bicyclic) bond motifs is 2. The minimum Gasteiger partial charge on any atom is -0.395 e. The predicted octanol–water partition coefficient (Wildman–Crippen LogP) is 1.33. The fourth-order valence-electron chi connectivity index (χ4n) is 3.04. The van der Waals surface area contributed by atoms with E-state index >= 15 is 0 Å². The molecule has 0 fully saturated rings. The summed E-state index contributed by atoms with van der Waals surface area (Å²) in [6.45, 7) is 1.85. The van der Waals surface area contributed by atoms with Gasteiger partial charge in [-0.3, -0.25) is 9.59 Å². The zero-order valence-corrected chi connectivity index (χ0v) is 14.6. The molecule has 0 radical (unpaired) electrons. The molecule has 2 amide bonds. The van der Waals surface area contributed by atoms with E-state index in [1.165, 1.54) is 25.4 Å². The quantitative estimate of drug-likeness (QED) is 0.720. The minimum absolute atomic E-state index is 0.0644. The number of halogens is 2. The molecule has 0 aliphatic carbocycles. The lowest BCUT2D eigenvalue weighted by Gasteiger charge is -2.10. The highest BCUT2D eigenvalue weighted by Gasteiger charge is 2.43. The van der Waals surface area contributed by atoms with Crippen molar-refractivity contribution >= 4 is 17.5 Å². The van der Waals surface area contributed by atoms with Gasteiger partial charge in [0.05, 0.1) is 17.4 Å². The van der Waals surface area contributed by atoms with Gasteiger partial charge < -0.3 is 25.4 Å². The first kappa shape index (κ1) is 17.9. The van der Waals surface area contributed by atoms with E-state index in [9.17, 15) is 18.4 Å². The summed E-state index contributed by atoms with van der Waals surface area (Å²) in [7, 11) is 0. The van der Waals surface area contributed by atoms with Gasteiger partial charge in [0.15, 0.2) is 17.2 Å². The van der Waals surface area contributed by atoms with Crippen LogP contribution < -0.4 is 25.4 Å². The molecule has 0 bridgehead atoms. The number of alkyl halides is 2. The Hall–Kier alpha value is -3.50. The number of ether oxygens (including phenoxy) is 2. The van der Waals surface area contributed by atoms with Crippen molar-refractivity contribution in [3.63, 3.8) is 0 Å². The Labute approximate surface area is 157 Å². The van der Waals surface area contributed by atoms with Gasteiger partial charge in [-0.25, -0.2) is 9.97 Å². The van der Waals surface area contributed by atoms with Crippen LogP contribution in [0, 0.1) is 0 Å². The number of anilines is 1. The summed E-state index contributed by atoms with van der Waals surface area (Å²) >= 11 is 0. The normalized spacial score (nSPS) is 18.2. The van der Waals surface area contributed by atoms with Gasteiger partial charge in [-0.15, -0.1) is 8.78 Å². The summed E-state index contributed by atoms with van der Waals surface area (Å²) < 4.78 is 34.9. The fraction of sp³-hybridized carbons (Fsp3) is 0.294. The topological polar surface area (TPSA) is 114 Å². The molecular weight excluding hydrogens is 376 g/mol. The average Bonchev–Trinajstić information content (AvgIpc) is 3.17. The molecule has 146 valence electrons. The molecule has 2 aliphatic heterocycles. The van der Waals surface area contributed by atoms with E-state index in [0.717, 1.165) is 0 Å². The fourth-order valence-corrected chi connectivity index (χ4v) is 3.04. The molecular formula is C17H15F2N5O4. The number of nitrogens with zero attached hydrogens (tertiary/aromatic N) is 2. The third-order valence-corrected chi connectivity index (χ3v) is 4.20. The molecule has 1 unspecified atom stereocenters. The minimum atomic E-state index is -3.69. The Morgan fingerprint density at radius 2 is 2.07 bits per heavy atom. The van der Waals surface area contributed by atoms with Gasteiger partial charge in [-0.2, -0.15) is 0 Å². The zero-order valence-electron chi connectivity index (χ0n) is 14.6. The van der Waals surface area contributed by atoms with Gasteiger partial charge >= 0.3 is 6.29 Å². The largest absolute Gasteiger partial charge is 0.586 e. The van der Waals surface area contributed by atoms with E-state index < -0.39 is 12.2 Å². The van der Waals surface area contributed by atoms with Crippen molar-refractivity contribution in [1.82, 2.24) is 20.6 Å². The molecule has 0 saturated carbocycles. The molecule has 1 aromatic heterocycles. The first-order valence-corrected chi connectivity index (χ1v) is 8.35. The predicted molar refractivity (Wildman–Crippen MR) is 90.9 cm³/mol. The van der Waals surface area contributed by atoms with Gasteiger partial charge in [-0.1, -0.05) is 6.07 Å². The summed E-state index contributed by atoms with van der Waals surface area (Å²) in [5.41, 5.74) is 1.65. The lowest BCUT2D eigenvalue weighted by Crippen LogP contribution is -2.27. The van der Waals surface area contributed by atoms with E-state index in [4.69, 9.17) is 0 Å². The van der Waals surface area contributed by atoms with Crippen molar-refractivity contribution in [3.05, 3.63) is 41.5 Å². The van der Waals surface area contributed by atoms with Gasteiger partial charge in [0.25, 0.3) is 5.91 Å². The second-order valence-electron chi connectivity index (χ2n) is 6.25. The van der Waals surface area contributed by atoms with Crippen LogP contribution in [-0.4, -0.2) is 34.6 Å². The standard InChI is InChI=1S/C17H15F2N5O4/c1-8(25)24-10-6-20-14-13(10)22-7-23-15(14)16(26)21-5-9-2-3-11-12(4-9)28-17(18,19)27-11/h2-4,7,10,20H,5-6H2,1H3,(H,21,26)(H,24,25). The molecule has 4 rings (SSSR count). The zero-order chi connectivity index (χ0) is 19.9. The van der Waals surface area contributed by atoms with Crippen LogP contribution in [0.25, 0.3) is 0 Å². The second-order valence-corrected chi connectivity index (χ2v) is 6.25. The van der Waals surface area contributed by atoms with Crippen molar-refractivity contribution in [1.29, 1.82) is 0 Å². The van der Waals surface area contributed by atoms with Crippen molar-refractivity contribution in [2.24, 2.45) is 0 Å². The van der Waals surface area contributed by atoms with Gasteiger partial charge in [-0.05, 0) is 17.7 Å². The van der Waals surface area contributed by atoms with E-state index in [2.05, 4.69) is 35.4 Å². The number of hydrogen-bond acceptors (Lipinski definition) is 7. The van der Waals surface area contributed by atoms with Crippen molar-refractivity contribution < 1.29 is 27.8 Å². The summed E-state index contributed by atoms with van der Waals surface area (Å²) in [4.78, 5) is 32.0. The Kier molecular flexibility index (Phi) is 4.21. The Balaban J connectivity index is 1.46. The number of aromatic nitrogens is 2. The maximum absolute atomic E-state index is 13.1. The second kappa shape index (κ2) is 6.59. The lowest BCUT2D eigenvalue weighted by molar-refractivity contribution is -0.286. The van der Waals surface area contributed by atoms with E-state index in [0.29, 0.717) is 23.5 Å². The monoisotopic (exact) mass is 391 g/mol. The van der Waals surface area contributed by atoms with Crippen LogP contribution in [0.2, 0.25) is 0 Å². The molecule has 1 atom stereocenters. The highest BCUT2D eigenvalue weighted by molar-refractivity contribution is 5.98. The number of benzene rings is 1. The Morgan fingerprint density at radius 3 is 2.86 bits per heavy atom. The highest BCUT2D eigenvalue weighted by atomic mass is 19.3. The van der Waals surface area contributed by atoms with Gasteiger partial charge in [0, 0.05) is 20.0 Å². The van der Waals surface area contributed by atoms with Crippen LogP contribution in [-0.2, 0) is 11.3 Å². The Morgan fingerprint density at radius 1 is 1.29 bits per heavy atom. The number of hydrogen-bond donors (Lipinski definition) is 3. The van der Waals surface area contributed by atoms with E-state index in [-0.39, 0.29) is 35.7 Å². The number of amides is 2. The molecule has 11 heteroatoms. The van der Waals surface area contributed by atoms with Crippen LogP contribution in [0.3, 0.4) is 0 Å². The molecule has 0 saturated heterocycles. The summed E-state index contributed by atoms with van der Waals surface area (Å²) in [6, 6.07) is 3.91. The van der Waals surface area contributed by atoms with Gasteiger partial charge in [0.1, 0.15) is 6.33 Å². The number of carbonyl (C=O) groups is 2. The van der Waals surface area contributed by atoms with Crippen LogP contribution >= 0.6 is 0 Å². The van der Waals surface area contributed by atoms with Crippen molar-refractivity contribution in [3.8, 4) is 11.5 Å². The van der Waals surface area contributed by atoms with Crippen LogP contribution in [0.15, 0.2) is 24.5 Å². The third kappa shape index (κ3) is 3.38. The van der Waals surface area contributed by atoms with Crippen LogP contribution in [0.4, 0.5) is 14.5 Å². The summed E-state index contributed by atoms with van der Waals surface area (Å²) in [6.07, 6.45) is -2.44. The molecule has 3 N–H and O–H groups in total. The van der Waals surface area contributed by atoms with Crippen molar-refractivity contribution in [2.45, 2.75) is 25.8 Å². The lowest BCUT2D eigenvalue weighted by atomic mass is 10.2. The van der Waals surface area contributed by atoms with Crippen molar-refractivity contribution in [2.75, 3.05) is 11.9 Å². The third-order valence-electron chi connectivity index (χ3n) is 4.20. The van der Waals surface area contributed by atoms with Crippen LogP contribution in [0.5, 0.6) is 11.5 Å². The average molecular weight is 391 g/mol. The first-order valence-electron chi connectivity index (χ1n) is 8.35. The maximum Gasteiger partial charge on any atom is 0.586 e. The first-order chi connectivity index (χ1) is 13.3. The number of carbonyl (C=O) groups excluding carboxylic acids is 2. The van der Waals surface area contributed by atoms with Gasteiger partial charge in [0.2, 0.25) is 5.91 Å². The molecule has 9 nitrogen and oxygen atoms in total. The molecule has 2 aromatic rings. The molecule has 3 heterocycles. The van der Waals surface area contributed by atoms with E-state index in [1.54, 1.807) is 6.07 Å². The number of rotatable bonds is 4. The smallest absolute Gasteiger partial charge is 0.395 e. The highest BCUT2D eigenvalue weighted by Crippen LogP contribution is 2.41. The Bertz CT molecular complexity index is 969. The van der Waals surface area contributed by atoms with E-state index in [1.807, 2.05) is 0 Å². The molecule has 1 aromatic carbocycles. The molecule has 28 heavy (non-hydrogen) atoms. The number of nitrogens with one attached hydrogen (secondary N) is 3. The van der Waals surface area contributed by atoms with Crippen LogP contribution in [0.1, 0.15) is 34.7 Å². The summed E-state index contributed by atoms with van der Waals surface area (Å²) in [5, 5.41) is 8.44. The summed E-state index contributed by atoms with van der Waals surface area (Å²) in [5.74, 6) is -0.850. The maximum atomic E-state index is 13.1. The molecule has 2 aliphatic rings.